The van der Waals surface area contributed by atoms with E-state index in [4.69, 9.17) is 4.74 Å². The van der Waals surface area contributed by atoms with Gasteiger partial charge in [0.2, 0.25) is 0 Å². The van der Waals surface area contributed by atoms with Crippen LogP contribution in [0.25, 0.3) is 0 Å². The molecule has 0 amide bonds. The second-order valence-electron chi connectivity index (χ2n) is 8.65. The van der Waals surface area contributed by atoms with Gasteiger partial charge >= 0.3 is 0 Å². The van der Waals surface area contributed by atoms with Gasteiger partial charge < -0.3 is 25.2 Å². The summed E-state index contributed by atoms with van der Waals surface area (Å²) in [6, 6.07) is 0. The van der Waals surface area contributed by atoms with Crippen molar-refractivity contribution in [2.75, 3.05) is 6.61 Å². The Morgan fingerprint density at radius 1 is 0.955 bits per heavy atom. The fourth-order valence-electron chi connectivity index (χ4n) is 6.79. The normalized spacial score (nSPS) is 63.3. The van der Waals surface area contributed by atoms with Crippen molar-refractivity contribution in [2.24, 2.45) is 34.5 Å². The molecule has 5 fully saturated rings. The molecule has 0 aromatic heterocycles. The fraction of sp³-hybridized carbons (Fsp3) is 1.00. The summed E-state index contributed by atoms with van der Waals surface area (Å²) in [6.45, 7) is 6.83. The molecule has 0 spiro atoms. The zero-order valence-corrected chi connectivity index (χ0v) is 13.5. The lowest BCUT2D eigenvalue weighted by atomic mass is 9.34. The van der Waals surface area contributed by atoms with E-state index in [9.17, 15) is 20.4 Å². The SMILES string of the molecule is CC(C)C12CCC3(C)C(O)C1COC1C(O)C(O)C(O)C3C12. The minimum absolute atomic E-state index is 0.00167. The van der Waals surface area contributed by atoms with Gasteiger partial charge in [-0.25, -0.2) is 0 Å². The molecule has 5 rings (SSSR count). The average molecular weight is 312 g/mol. The van der Waals surface area contributed by atoms with E-state index in [1.54, 1.807) is 0 Å². The Labute approximate surface area is 131 Å². The Balaban J connectivity index is 1.91. The lowest BCUT2D eigenvalue weighted by Gasteiger charge is -2.74. The van der Waals surface area contributed by atoms with Gasteiger partial charge in [-0.15, -0.1) is 0 Å². The van der Waals surface area contributed by atoms with Gasteiger partial charge in [0, 0.05) is 17.8 Å². The molecule has 10 atom stereocenters. The van der Waals surface area contributed by atoms with Crippen LogP contribution in [0.15, 0.2) is 0 Å². The van der Waals surface area contributed by atoms with E-state index in [0.29, 0.717) is 12.5 Å². The Morgan fingerprint density at radius 2 is 1.64 bits per heavy atom. The fourth-order valence-corrected chi connectivity index (χ4v) is 6.79. The molecule has 0 radical (unpaired) electrons. The number of rotatable bonds is 1. The molecule has 5 aliphatic rings. The molecule has 4 N–H and O–H groups in total. The van der Waals surface area contributed by atoms with Crippen LogP contribution >= 0.6 is 0 Å². The molecule has 5 heteroatoms. The maximum atomic E-state index is 11.0. The smallest absolute Gasteiger partial charge is 0.109 e. The van der Waals surface area contributed by atoms with Gasteiger partial charge in [0.05, 0.1) is 24.9 Å². The minimum atomic E-state index is -1.20. The van der Waals surface area contributed by atoms with Crippen LogP contribution in [0.3, 0.4) is 0 Å². The largest absolute Gasteiger partial charge is 0.392 e. The van der Waals surface area contributed by atoms with Crippen LogP contribution in [-0.2, 0) is 4.74 Å². The van der Waals surface area contributed by atoms with E-state index in [0.717, 1.165) is 12.8 Å². The molecule has 10 unspecified atom stereocenters. The van der Waals surface area contributed by atoms with Gasteiger partial charge in [0.25, 0.3) is 0 Å². The summed E-state index contributed by atoms with van der Waals surface area (Å²) in [6.07, 6.45) is -2.35. The van der Waals surface area contributed by atoms with Crippen molar-refractivity contribution in [2.45, 2.75) is 64.1 Å². The highest BCUT2D eigenvalue weighted by atomic mass is 16.5. The average Bonchev–Trinajstić information content (AvgIpc) is 2.48. The number of aliphatic hydroxyl groups excluding tert-OH is 4. The summed E-state index contributed by atoms with van der Waals surface area (Å²) >= 11 is 0. The standard InChI is InChI=1S/C17H28O5/c1-7(2)17-5-4-16(3)9-10(17)14(13(20)12(19)11(9)18)22-6-8(17)15(16)21/h7-15,18-21H,4-6H2,1-3H3. The topological polar surface area (TPSA) is 90.2 Å². The summed E-state index contributed by atoms with van der Waals surface area (Å²) in [7, 11) is 0. The van der Waals surface area contributed by atoms with E-state index in [2.05, 4.69) is 13.8 Å². The number of aliphatic hydroxyl groups is 4. The first-order valence-electron chi connectivity index (χ1n) is 8.60. The Kier molecular flexibility index (Phi) is 3.10. The highest BCUT2D eigenvalue weighted by Gasteiger charge is 2.75. The molecule has 1 saturated heterocycles. The first-order valence-corrected chi connectivity index (χ1v) is 8.60. The maximum absolute atomic E-state index is 11.0. The first-order chi connectivity index (χ1) is 10.3. The molecule has 0 aromatic rings. The highest BCUT2D eigenvalue weighted by Crippen LogP contribution is 2.72. The quantitative estimate of drug-likeness (QED) is 0.553. The number of hydrogen-bond donors (Lipinski definition) is 4. The van der Waals surface area contributed by atoms with Crippen LogP contribution in [0.2, 0.25) is 0 Å². The van der Waals surface area contributed by atoms with Gasteiger partial charge in [0.15, 0.2) is 0 Å². The van der Waals surface area contributed by atoms with Crippen LogP contribution in [-0.4, -0.2) is 57.6 Å². The molecule has 4 bridgehead atoms. The van der Waals surface area contributed by atoms with Crippen LogP contribution in [0.1, 0.15) is 33.6 Å². The summed E-state index contributed by atoms with van der Waals surface area (Å²) < 4.78 is 5.91. The van der Waals surface area contributed by atoms with Crippen LogP contribution < -0.4 is 0 Å². The van der Waals surface area contributed by atoms with Crippen molar-refractivity contribution >= 4 is 0 Å². The third-order valence-corrected chi connectivity index (χ3v) is 7.91. The van der Waals surface area contributed by atoms with E-state index >= 15 is 0 Å². The molecular formula is C17H28O5. The third-order valence-electron chi connectivity index (χ3n) is 7.91. The summed E-state index contributed by atoms with van der Waals surface area (Å²) in [4.78, 5) is 0. The van der Waals surface area contributed by atoms with Gasteiger partial charge in [-0.05, 0) is 29.6 Å². The molecule has 22 heavy (non-hydrogen) atoms. The molecule has 0 aromatic carbocycles. The summed E-state index contributed by atoms with van der Waals surface area (Å²) in [5.41, 5.74) is -0.526. The maximum Gasteiger partial charge on any atom is 0.109 e. The summed E-state index contributed by atoms with van der Waals surface area (Å²) in [5.74, 6) is 0.171. The van der Waals surface area contributed by atoms with Gasteiger partial charge in [-0.3, -0.25) is 0 Å². The predicted octanol–water partition coefficient (Wildman–Crippen LogP) is 0.147. The first kappa shape index (κ1) is 15.3. The lowest BCUT2D eigenvalue weighted by Crippen LogP contribution is -2.79. The van der Waals surface area contributed by atoms with E-state index in [1.807, 2.05) is 6.92 Å². The number of fused-ring (bicyclic) bond motifs is 1. The van der Waals surface area contributed by atoms with Crippen molar-refractivity contribution in [1.82, 2.24) is 0 Å². The predicted molar refractivity (Wildman–Crippen MR) is 78.8 cm³/mol. The Morgan fingerprint density at radius 3 is 2.27 bits per heavy atom. The molecule has 4 aliphatic carbocycles. The molecule has 5 nitrogen and oxygen atoms in total. The third kappa shape index (κ3) is 1.44. The second-order valence-corrected chi connectivity index (χ2v) is 8.65. The van der Waals surface area contributed by atoms with Gasteiger partial charge in [-0.1, -0.05) is 20.8 Å². The van der Waals surface area contributed by atoms with Crippen molar-refractivity contribution < 1.29 is 25.2 Å². The van der Waals surface area contributed by atoms with Crippen molar-refractivity contribution in [3.8, 4) is 0 Å². The van der Waals surface area contributed by atoms with E-state index in [1.165, 1.54) is 0 Å². The van der Waals surface area contributed by atoms with Crippen molar-refractivity contribution in [3.05, 3.63) is 0 Å². The number of ether oxygens (including phenoxy) is 1. The van der Waals surface area contributed by atoms with Crippen molar-refractivity contribution in [1.29, 1.82) is 0 Å². The van der Waals surface area contributed by atoms with Crippen LogP contribution in [0, 0.1) is 34.5 Å². The highest BCUT2D eigenvalue weighted by molar-refractivity contribution is 5.22. The Bertz CT molecular complexity index is 482. The molecule has 4 saturated carbocycles. The van der Waals surface area contributed by atoms with Crippen molar-refractivity contribution in [3.63, 3.8) is 0 Å². The van der Waals surface area contributed by atoms with E-state index < -0.39 is 35.9 Å². The molecule has 1 heterocycles. The Hall–Kier alpha value is -0.200. The summed E-state index contributed by atoms with van der Waals surface area (Å²) in [5, 5.41) is 42.5. The second kappa shape index (κ2) is 4.45. The zero-order valence-electron chi connectivity index (χ0n) is 13.5. The van der Waals surface area contributed by atoms with Crippen LogP contribution in [0.4, 0.5) is 0 Å². The van der Waals surface area contributed by atoms with Gasteiger partial charge in [-0.2, -0.15) is 0 Å². The molecular weight excluding hydrogens is 284 g/mol. The molecule has 126 valence electrons. The zero-order chi connectivity index (χ0) is 16.0. The van der Waals surface area contributed by atoms with E-state index in [-0.39, 0.29) is 23.2 Å². The van der Waals surface area contributed by atoms with Crippen LogP contribution in [0.5, 0.6) is 0 Å². The number of hydrogen-bond acceptors (Lipinski definition) is 5. The molecule has 1 aliphatic heterocycles. The monoisotopic (exact) mass is 312 g/mol. The lowest BCUT2D eigenvalue weighted by molar-refractivity contribution is -0.362. The minimum Gasteiger partial charge on any atom is -0.392 e. The van der Waals surface area contributed by atoms with Gasteiger partial charge in [0.1, 0.15) is 12.2 Å².